The molecule has 0 saturated carbocycles. The highest BCUT2D eigenvalue weighted by Crippen LogP contribution is 2.26. The standard InChI is InChI=1S/C9H9F3N2O2/c1-5-6(4-15)2-7(3-13)14-8(5)16-9(10,11)12/h2,4H,3,13H2,1H3. The molecule has 0 amide bonds. The third-order valence-corrected chi connectivity index (χ3v) is 1.87. The van der Waals surface area contributed by atoms with Crippen LogP contribution in [0.15, 0.2) is 6.07 Å². The van der Waals surface area contributed by atoms with E-state index in [0.717, 1.165) is 0 Å². The second-order valence-corrected chi connectivity index (χ2v) is 3.00. The molecule has 1 aromatic heterocycles. The molecule has 0 atom stereocenters. The Kier molecular flexibility index (Phi) is 3.48. The van der Waals surface area contributed by atoms with Crippen LogP contribution in [0.4, 0.5) is 13.2 Å². The summed E-state index contributed by atoms with van der Waals surface area (Å²) in [7, 11) is 0. The number of carbonyl (C=O) groups excluding carboxylic acids is 1. The lowest BCUT2D eigenvalue weighted by atomic mass is 10.1. The minimum absolute atomic E-state index is 0.0320. The van der Waals surface area contributed by atoms with Crippen LogP contribution in [-0.2, 0) is 6.54 Å². The quantitative estimate of drug-likeness (QED) is 0.806. The van der Waals surface area contributed by atoms with Gasteiger partial charge < -0.3 is 10.5 Å². The van der Waals surface area contributed by atoms with E-state index in [-0.39, 0.29) is 23.4 Å². The smallest absolute Gasteiger partial charge is 0.388 e. The Hall–Kier alpha value is -1.63. The molecule has 0 bridgehead atoms. The first-order chi connectivity index (χ1) is 7.37. The van der Waals surface area contributed by atoms with Crippen LogP contribution in [-0.4, -0.2) is 17.6 Å². The monoisotopic (exact) mass is 234 g/mol. The van der Waals surface area contributed by atoms with Gasteiger partial charge in [0.1, 0.15) is 0 Å². The lowest BCUT2D eigenvalue weighted by molar-refractivity contribution is -0.276. The molecule has 0 aliphatic heterocycles. The largest absolute Gasteiger partial charge is 0.574 e. The van der Waals surface area contributed by atoms with Crippen LogP contribution in [0.3, 0.4) is 0 Å². The Morgan fingerprint density at radius 2 is 2.19 bits per heavy atom. The summed E-state index contributed by atoms with van der Waals surface area (Å²) in [6.07, 6.45) is -4.41. The van der Waals surface area contributed by atoms with E-state index in [2.05, 4.69) is 9.72 Å². The van der Waals surface area contributed by atoms with Crippen molar-refractivity contribution in [1.29, 1.82) is 0 Å². The lowest BCUT2D eigenvalue weighted by Gasteiger charge is -2.12. The molecule has 0 aliphatic carbocycles. The zero-order valence-corrected chi connectivity index (χ0v) is 8.34. The van der Waals surface area contributed by atoms with E-state index in [4.69, 9.17) is 5.73 Å². The summed E-state index contributed by atoms with van der Waals surface area (Å²) in [4.78, 5) is 14.2. The number of alkyl halides is 3. The average Bonchev–Trinajstić information content (AvgIpc) is 2.19. The summed E-state index contributed by atoms with van der Waals surface area (Å²) >= 11 is 0. The molecule has 0 saturated heterocycles. The van der Waals surface area contributed by atoms with E-state index >= 15 is 0 Å². The van der Waals surface area contributed by atoms with Gasteiger partial charge in [0, 0.05) is 17.7 Å². The van der Waals surface area contributed by atoms with Crippen molar-refractivity contribution in [3.8, 4) is 5.88 Å². The Labute approximate surface area is 89.2 Å². The molecule has 88 valence electrons. The predicted octanol–water partition coefficient (Wildman–Crippen LogP) is 1.56. The molecule has 2 N–H and O–H groups in total. The van der Waals surface area contributed by atoms with Crippen LogP contribution >= 0.6 is 0 Å². The Morgan fingerprint density at radius 1 is 1.56 bits per heavy atom. The first-order valence-electron chi connectivity index (χ1n) is 4.29. The molecule has 0 spiro atoms. The summed E-state index contributed by atoms with van der Waals surface area (Å²) in [6.45, 7) is 1.24. The van der Waals surface area contributed by atoms with Crippen LogP contribution in [0.25, 0.3) is 0 Å². The Bertz CT molecular complexity index is 404. The van der Waals surface area contributed by atoms with Gasteiger partial charge >= 0.3 is 6.36 Å². The zero-order chi connectivity index (χ0) is 12.3. The number of pyridine rings is 1. The molecule has 1 rings (SSSR count). The number of hydrogen-bond acceptors (Lipinski definition) is 4. The number of ether oxygens (including phenoxy) is 1. The number of hydrogen-bond donors (Lipinski definition) is 1. The van der Waals surface area contributed by atoms with Gasteiger partial charge in [0.2, 0.25) is 5.88 Å². The molecule has 1 aromatic rings. The summed E-state index contributed by atoms with van der Waals surface area (Å²) in [6, 6.07) is 1.32. The van der Waals surface area contributed by atoms with Gasteiger partial charge in [-0.1, -0.05) is 0 Å². The van der Waals surface area contributed by atoms with Crippen molar-refractivity contribution in [3.63, 3.8) is 0 Å². The zero-order valence-electron chi connectivity index (χ0n) is 8.34. The SMILES string of the molecule is Cc1c(C=O)cc(CN)nc1OC(F)(F)F. The molecule has 0 aliphatic rings. The molecule has 7 heteroatoms. The highest BCUT2D eigenvalue weighted by atomic mass is 19.4. The van der Waals surface area contributed by atoms with Crippen molar-refractivity contribution in [1.82, 2.24) is 4.98 Å². The fourth-order valence-electron chi connectivity index (χ4n) is 1.09. The van der Waals surface area contributed by atoms with Crippen molar-refractivity contribution in [2.45, 2.75) is 19.8 Å². The topological polar surface area (TPSA) is 65.2 Å². The summed E-state index contributed by atoms with van der Waals surface area (Å²) in [5, 5.41) is 0. The van der Waals surface area contributed by atoms with Crippen LogP contribution in [0.5, 0.6) is 5.88 Å². The van der Waals surface area contributed by atoms with Crippen LogP contribution in [0.1, 0.15) is 21.6 Å². The number of nitrogens with zero attached hydrogens (tertiary/aromatic N) is 1. The fourth-order valence-corrected chi connectivity index (χ4v) is 1.09. The Morgan fingerprint density at radius 3 is 2.62 bits per heavy atom. The molecular weight excluding hydrogens is 225 g/mol. The highest BCUT2D eigenvalue weighted by Gasteiger charge is 2.33. The first kappa shape index (κ1) is 12.4. The van der Waals surface area contributed by atoms with Crippen molar-refractivity contribution < 1.29 is 22.7 Å². The number of nitrogens with two attached hydrogens (primary N) is 1. The van der Waals surface area contributed by atoms with Crippen molar-refractivity contribution >= 4 is 6.29 Å². The minimum atomic E-state index is -4.84. The third kappa shape index (κ3) is 2.93. The molecular formula is C9H9F3N2O2. The number of halogens is 3. The van der Waals surface area contributed by atoms with Gasteiger partial charge in [-0.2, -0.15) is 0 Å². The van der Waals surface area contributed by atoms with E-state index in [1.165, 1.54) is 13.0 Å². The minimum Gasteiger partial charge on any atom is -0.388 e. The van der Waals surface area contributed by atoms with Gasteiger partial charge in [-0.15, -0.1) is 13.2 Å². The summed E-state index contributed by atoms with van der Waals surface area (Å²) < 4.78 is 39.7. The molecule has 1 heterocycles. The third-order valence-electron chi connectivity index (χ3n) is 1.87. The van der Waals surface area contributed by atoms with E-state index in [9.17, 15) is 18.0 Å². The molecule has 16 heavy (non-hydrogen) atoms. The second kappa shape index (κ2) is 4.48. The summed E-state index contributed by atoms with van der Waals surface area (Å²) in [5.74, 6) is -0.641. The van der Waals surface area contributed by atoms with E-state index < -0.39 is 12.2 Å². The maximum Gasteiger partial charge on any atom is 0.574 e. The van der Waals surface area contributed by atoms with Gasteiger partial charge in [-0.3, -0.25) is 4.79 Å². The predicted molar refractivity (Wildman–Crippen MR) is 48.9 cm³/mol. The van der Waals surface area contributed by atoms with Gasteiger partial charge in [-0.25, -0.2) is 4.98 Å². The molecule has 0 unspecified atom stereocenters. The second-order valence-electron chi connectivity index (χ2n) is 3.00. The van der Waals surface area contributed by atoms with Gasteiger partial charge in [-0.05, 0) is 13.0 Å². The van der Waals surface area contributed by atoms with Crippen LogP contribution < -0.4 is 10.5 Å². The molecule has 0 radical (unpaired) electrons. The highest BCUT2D eigenvalue weighted by molar-refractivity contribution is 5.78. The fraction of sp³-hybridized carbons (Fsp3) is 0.333. The van der Waals surface area contributed by atoms with Crippen LogP contribution in [0.2, 0.25) is 0 Å². The first-order valence-corrected chi connectivity index (χ1v) is 4.29. The normalized spacial score (nSPS) is 11.3. The number of carbonyl (C=O) groups is 1. The number of rotatable bonds is 3. The molecule has 0 fully saturated rings. The van der Waals surface area contributed by atoms with E-state index in [0.29, 0.717) is 6.29 Å². The molecule has 0 aromatic carbocycles. The van der Waals surface area contributed by atoms with Crippen molar-refractivity contribution in [2.75, 3.05) is 0 Å². The average molecular weight is 234 g/mol. The van der Waals surface area contributed by atoms with Gasteiger partial charge in [0.25, 0.3) is 0 Å². The van der Waals surface area contributed by atoms with Gasteiger partial charge in [0.05, 0.1) is 5.69 Å². The Balaban J connectivity index is 3.21. The van der Waals surface area contributed by atoms with E-state index in [1.807, 2.05) is 0 Å². The van der Waals surface area contributed by atoms with E-state index in [1.54, 1.807) is 0 Å². The van der Waals surface area contributed by atoms with Crippen molar-refractivity contribution in [3.05, 3.63) is 22.9 Å². The van der Waals surface area contributed by atoms with Crippen LogP contribution in [0, 0.1) is 6.92 Å². The summed E-state index contributed by atoms with van der Waals surface area (Å²) in [5.41, 5.74) is 5.51. The number of aldehydes is 1. The van der Waals surface area contributed by atoms with Crippen molar-refractivity contribution in [2.24, 2.45) is 5.73 Å². The lowest BCUT2D eigenvalue weighted by Crippen LogP contribution is -2.19. The maximum atomic E-state index is 12.0. The molecule has 4 nitrogen and oxygen atoms in total. The maximum absolute atomic E-state index is 12.0. The number of aromatic nitrogens is 1. The van der Waals surface area contributed by atoms with Gasteiger partial charge in [0.15, 0.2) is 6.29 Å².